The average molecular weight is 390 g/mol. The molecule has 3 N–H and O–H groups in total. The summed E-state index contributed by atoms with van der Waals surface area (Å²) in [4.78, 5) is 45.3. The highest BCUT2D eigenvalue weighted by molar-refractivity contribution is 5.95. The summed E-state index contributed by atoms with van der Waals surface area (Å²) in [6.07, 6.45) is 3.75. The van der Waals surface area contributed by atoms with E-state index in [1.165, 1.54) is 12.8 Å². The van der Waals surface area contributed by atoms with E-state index in [-0.39, 0.29) is 29.6 Å². The van der Waals surface area contributed by atoms with Crippen LogP contribution >= 0.6 is 0 Å². The lowest BCUT2D eigenvalue weighted by Gasteiger charge is -2.42. The maximum Gasteiger partial charge on any atom is 0.317 e. The van der Waals surface area contributed by atoms with Crippen LogP contribution < -0.4 is 10.9 Å². The number of amides is 1. The van der Waals surface area contributed by atoms with Gasteiger partial charge in [0.05, 0.1) is 12.2 Å². The normalized spacial score (nSPS) is 22.0. The third-order valence-electron chi connectivity index (χ3n) is 5.53. The zero-order chi connectivity index (χ0) is 20.6. The molecule has 3 rings (SSSR count). The maximum absolute atomic E-state index is 12.6. The number of hydrogen-bond donors (Lipinski definition) is 3. The van der Waals surface area contributed by atoms with Crippen molar-refractivity contribution >= 4 is 11.9 Å². The SMILES string of the molecule is Cc1nc(C(C)(C)C)[nH]c(=O)c1C(=O)NC1CC(N(CC(=O)O)CC2CC2)C1. The Bertz CT molecular complexity index is 816. The van der Waals surface area contributed by atoms with Crippen LogP contribution in [0.25, 0.3) is 0 Å². The van der Waals surface area contributed by atoms with E-state index in [9.17, 15) is 14.4 Å². The molecule has 1 aromatic rings. The Morgan fingerprint density at radius 1 is 1.29 bits per heavy atom. The fourth-order valence-corrected chi connectivity index (χ4v) is 3.62. The van der Waals surface area contributed by atoms with Gasteiger partial charge in [0.15, 0.2) is 0 Å². The smallest absolute Gasteiger partial charge is 0.317 e. The van der Waals surface area contributed by atoms with Crippen LogP contribution in [0.15, 0.2) is 4.79 Å². The molecule has 2 fully saturated rings. The zero-order valence-electron chi connectivity index (χ0n) is 17.0. The summed E-state index contributed by atoms with van der Waals surface area (Å²) in [7, 11) is 0. The molecule has 0 bridgehead atoms. The second-order valence-corrected chi connectivity index (χ2v) is 9.19. The fourth-order valence-electron chi connectivity index (χ4n) is 3.62. The van der Waals surface area contributed by atoms with E-state index < -0.39 is 17.4 Å². The summed E-state index contributed by atoms with van der Waals surface area (Å²) in [5, 5.41) is 12.0. The van der Waals surface area contributed by atoms with Crippen LogP contribution in [-0.4, -0.2) is 57.0 Å². The molecule has 0 aromatic carbocycles. The molecule has 0 aliphatic heterocycles. The first-order valence-electron chi connectivity index (χ1n) is 9.92. The van der Waals surface area contributed by atoms with Crippen LogP contribution in [0, 0.1) is 12.8 Å². The molecule has 0 unspecified atom stereocenters. The Labute approximate surface area is 164 Å². The van der Waals surface area contributed by atoms with Crippen molar-refractivity contribution in [1.82, 2.24) is 20.2 Å². The summed E-state index contributed by atoms with van der Waals surface area (Å²) in [6, 6.07) is 0.122. The number of carbonyl (C=O) groups is 2. The van der Waals surface area contributed by atoms with Gasteiger partial charge in [0.1, 0.15) is 11.4 Å². The van der Waals surface area contributed by atoms with E-state index >= 15 is 0 Å². The van der Waals surface area contributed by atoms with Gasteiger partial charge in [-0.15, -0.1) is 0 Å². The molecule has 1 amide bonds. The van der Waals surface area contributed by atoms with Crippen molar-refractivity contribution in [3.63, 3.8) is 0 Å². The number of aryl methyl sites for hydroxylation is 1. The minimum Gasteiger partial charge on any atom is -0.480 e. The van der Waals surface area contributed by atoms with E-state index in [4.69, 9.17) is 5.11 Å². The first-order valence-corrected chi connectivity index (χ1v) is 9.92. The second kappa shape index (κ2) is 7.66. The molecule has 2 aliphatic rings. The van der Waals surface area contributed by atoms with Crippen molar-refractivity contribution in [3.05, 3.63) is 27.4 Å². The molecular formula is C20H30N4O4. The number of aliphatic carboxylic acids is 1. The lowest BCUT2D eigenvalue weighted by atomic mass is 9.85. The number of aromatic nitrogens is 2. The quantitative estimate of drug-likeness (QED) is 0.649. The minimum atomic E-state index is -0.819. The number of aromatic amines is 1. The van der Waals surface area contributed by atoms with Crippen LogP contribution in [0.5, 0.6) is 0 Å². The largest absolute Gasteiger partial charge is 0.480 e. The lowest BCUT2D eigenvalue weighted by molar-refractivity contribution is -0.139. The fraction of sp³-hybridized carbons (Fsp3) is 0.700. The minimum absolute atomic E-state index is 0.0405. The molecule has 2 saturated carbocycles. The van der Waals surface area contributed by atoms with Crippen LogP contribution in [0.3, 0.4) is 0 Å². The number of carboxylic acid groups (broad SMARTS) is 1. The van der Waals surface area contributed by atoms with Gasteiger partial charge in [0.2, 0.25) is 0 Å². The van der Waals surface area contributed by atoms with Gasteiger partial charge in [-0.05, 0) is 38.5 Å². The average Bonchev–Trinajstić information content (AvgIpc) is 3.31. The van der Waals surface area contributed by atoms with Gasteiger partial charge < -0.3 is 15.4 Å². The van der Waals surface area contributed by atoms with Crippen molar-refractivity contribution < 1.29 is 14.7 Å². The Morgan fingerprint density at radius 2 is 1.93 bits per heavy atom. The number of nitrogens with zero attached hydrogens (tertiary/aromatic N) is 2. The Balaban J connectivity index is 1.60. The maximum atomic E-state index is 12.6. The second-order valence-electron chi connectivity index (χ2n) is 9.19. The number of H-pyrrole nitrogens is 1. The third kappa shape index (κ3) is 4.79. The van der Waals surface area contributed by atoms with Gasteiger partial charge in [-0.3, -0.25) is 19.3 Å². The molecule has 0 spiro atoms. The van der Waals surface area contributed by atoms with Gasteiger partial charge in [-0.25, -0.2) is 4.98 Å². The van der Waals surface area contributed by atoms with E-state index in [0.29, 0.717) is 30.3 Å². The zero-order valence-corrected chi connectivity index (χ0v) is 17.0. The van der Waals surface area contributed by atoms with Gasteiger partial charge in [-0.2, -0.15) is 0 Å². The van der Waals surface area contributed by atoms with Gasteiger partial charge in [0, 0.05) is 24.0 Å². The van der Waals surface area contributed by atoms with Gasteiger partial charge in [-0.1, -0.05) is 20.8 Å². The van der Waals surface area contributed by atoms with Crippen LogP contribution in [0.4, 0.5) is 0 Å². The molecule has 8 nitrogen and oxygen atoms in total. The number of nitrogens with one attached hydrogen (secondary N) is 2. The number of rotatable bonds is 7. The first kappa shape index (κ1) is 20.5. The molecule has 0 radical (unpaired) electrons. The van der Waals surface area contributed by atoms with E-state index in [1.807, 2.05) is 25.7 Å². The first-order chi connectivity index (χ1) is 13.0. The highest BCUT2D eigenvalue weighted by Crippen LogP contribution is 2.33. The molecule has 1 aromatic heterocycles. The van der Waals surface area contributed by atoms with Crippen LogP contribution in [0.1, 0.15) is 68.3 Å². The monoisotopic (exact) mass is 390 g/mol. The molecular weight excluding hydrogens is 360 g/mol. The molecule has 2 aliphatic carbocycles. The molecule has 1 heterocycles. The van der Waals surface area contributed by atoms with Crippen LogP contribution in [0.2, 0.25) is 0 Å². The topological polar surface area (TPSA) is 115 Å². The Kier molecular flexibility index (Phi) is 5.61. The Morgan fingerprint density at radius 3 is 2.43 bits per heavy atom. The van der Waals surface area contributed by atoms with Crippen molar-refractivity contribution in [2.75, 3.05) is 13.1 Å². The van der Waals surface area contributed by atoms with E-state index in [1.54, 1.807) is 6.92 Å². The molecule has 154 valence electrons. The predicted molar refractivity (Wildman–Crippen MR) is 105 cm³/mol. The molecule has 0 saturated heterocycles. The summed E-state index contributed by atoms with van der Waals surface area (Å²) in [5.41, 5.74) is -0.262. The summed E-state index contributed by atoms with van der Waals surface area (Å²) in [6.45, 7) is 8.37. The van der Waals surface area contributed by atoms with E-state index in [0.717, 1.165) is 6.54 Å². The summed E-state index contributed by atoms with van der Waals surface area (Å²) in [5.74, 6) is -0.0660. The number of hydrogen-bond acceptors (Lipinski definition) is 5. The highest BCUT2D eigenvalue weighted by atomic mass is 16.4. The Hall–Kier alpha value is -2.22. The van der Waals surface area contributed by atoms with Crippen molar-refractivity contribution in [1.29, 1.82) is 0 Å². The standard InChI is InChI=1S/C20H30N4O4/c1-11-16(18(28)23-19(21-11)20(2,3)4)17(27)22-13-7-14(8-13)24(10-15(25)26)9-12-5-6-12/h12-14H,5-10H2,1-4H3,(H,22,27)(H,25,26)(H,21,23,28). The van der Waals surface area contributed by atoms with E-state index in [2.05, 4.69) is 15.3 Å². The van der Waals surface area contributed by atoms with Gasteiger partial charge in [0.25, 0.3) is 11.5 Å². The third-order valence-corrected chi connectivity index (χ3v) is 5.53. The molecule has 8 heteroatoms. The summed E-state index contributed by atoms with van der Waals surface area (Å²) >= 11 is 0. The highest BCUT2D eigenvalue weighted by Gasteiger charge is 2.38. The number of carbonyl (C=O) groups excluding carboxylic acids is 1. The number of carboxylic acids is 1. The van der Waals surface area contributed by atoms with Crippen molar-refractivity contribution in [2.24, 2.45) is 5.92 Å². The van der Waals surface area contributed by atoms with Crippen molar-refractivity contribution in [3.8, 4) is 0 Å². The summed E-state index contributed by atoms with van der Waals surface area (Å²) < 4.78 is 0. The lowest BCUT2D eigenvalue weighted by Crippen LogP contribution is -2.55. The molecule has 0 atom stereocenters. The predicted octanol–water partition coefficient (Wildman–Crippen LogP) is 1.43. The molecule has 28 heavy (non-hydrogen) atoms. The van der Waals surface area contributed by atoms with Gasteiger partial charge >= 0.3 is 5.97 Å². The van der Waals surface area contributed by atoms with Crippen LogP contribution in [-0.2, 0) is 10.2 Å². The van der Waals surface area contributed by atoms with Crippen molar-refractivity contribution in [2.45, 2.75) is 70.9 Å².